The van der Waals surface area contributed by atoms with Crippen LogP contribution in [0.25, 0.3) is 10.8 Å². The van der Waals surface area contributed by atoms with Gasteiger partial charge < -0.3 is 4.74 Å². The number of pyridine rings is 1. The molecule has 5 rings (SSSR count). The first-order chi connectivity index (χ1) is 14.1. The van der Waals surface area contributed by atoms with E-state index in [2.05, 4.69) is 16.4 Å². The van der Waals surface area contributed by atoms with Crippen LogP contribution < -0.4 is 10.1 Å². The van der Waals surface area contributed by atoms with E-state index in [1.807, 2.05) is 42.5 Å². The van der Waals surface area contributed by atoms with Crippen LogP contribution in [-0.4, -0.2) is 21.4 Å². The van der Waals surface area contributed by atoms with E-state index in [1.165, 1.54) is 6.20 Å². The molecule has 0 saturated carbocycles. The number of imide groups is 1. The minimum atomic E-state index is -0.361. The number of carbonyl (C=O) groups excluding carboxylic acids is 2. The van der Waals surface area contributed by atoms with Gasteiger partial charge in [0, 0.05) is 22.9 Å². The number of aryl methyl sites for hydroxylation is 1. The Kier molecular flexibility index (Phi) is 4.22. The molecule has 1 aliphatic carbocycles. The second kappa shape index (κ2) is 6.90. The Morgan fingerprint density at radius 1 is 1.17 bits per heavy atom. The molecular formula is C22H15N3O3S. The molecule has 1 N–H and O–H groups in total. The van der Waals surface area contributed by atoms with Crippen LogP contribution in [0, 0.1) is 11.3 Å². The third-order valence-electron chi connectivity index (χ3n) is 5.42. The van der Waals surface area contributed by atoms with Gasteiger partial charge in [0.25, 0.3) is 5.24 Å². The Morgan fingerprint density at radius 3 is 2.76 bits per heavy atom. The van der Waals surface area contributed by atoms with Crippen LogP contribution in [0.4, 0.5) is 4.79 Å². The van der Waals surface area contributed by atoms with Crippen molar-refractivity contribution in [3.63, 3.8) is 0 Å². The van der Waals surface area contributed by atoms with E-state index in [4.69, 9.17) is 4.74 Å². The largest absolute Gasteiger partial charge is 0.438 e. The number of nitrogens with zero attached hydrogens (tertiary/aromatic N) is 2. The molecule has 2 amide bonds. The predicted molar refractivity (Wildman–Crippen MR) is 109 cm³/mol. The molecule has 1 aliphatic heterocycles. The van der Waals surface area contributed by atoms with Crippen LogP contribution >= 0.6 is 11.8 Å². The second-order valence-corrected chi connectivity index (χ2v) is 8.17. The third kappa shape index (κ3) is 3.02. The summed E-state index contributed by atoms with van der Waals surface area (Å²) < 4.78 is 6.06. The van der Waals surface area contributed by atoms with Gasteiger partial charge in [-0.2, -0.15) is 5.26 Å². The van der Waals surface area contributed by atoms with Gasteiger partial charge in [0.2, 0.25) is 11.8 Å². The summed E-state index contributed by atoms with van der Waals surface area (Å²) in [6, 6.07) is 15.5. The molecule has 6 nitrogen and oxygen atoms in total. The van der Waals surface area contributed by atoms with E-state index < -0.39 is 0 Å². The lowest BCUT2D eigenvalue weighted by molar-refractivity contribution is -0.119. The summed E-state index contributed by atoms with van der Waals surface area (Å²) in [4.78, 5) is 27.9. The number of nitrogens with one attached hydrogen (secondary N) is 1. The molecule has 1 saturated heterocycles. The Balaban J connectivity index is 1.45. The van der Waals surface area contributed by atoms with Crippen LogP contribution in [0.5, 0.6) is 11.6 Å². The van der Waals surface area contributed by atoms with Crippen LogP contribution in [0.1, 0.15) is 29.0 Å². The quantitative estimate of drug-likeness (QED) is 0.704. The molecule has 142 valence electrons. The molecule has 7 heteroatoms. The summed E-state index contributed by atoms with van der Waals surface area (Å²) in [5.41, 5.74) is 2.72. The maximum atomic E-state index is 12.1. The van der Waals surface area contributed by atoms with Gasteiger partial charge in [0.15, 0.2) is 0 Å². The monoisotopic (exact) mass is 401 g/mol. The van der Waals surface area contributed by atoms with Gasteiger partial charge >= 0.3 is 0 Å². The molecule has 2 atom stereocenters. The second-order valence-electron chi connectivity index (χ2n) is 7.06. The van der Waals surface area contributed by atoms with Crippen LogP contribution in [0.3, 0.4) is 0 Å². The molecule has 1 aromatic heterocycles. The summed E-state index contributed by atoms with van der Waals surface area (Å²) in [6.07, 6.45) is 3.18. The SMILES string of the molecule is N#Cc1cnc(Oc2ccc3c(c2)CC[C@H]3C2SC(=O)NC2=O)c2ccccc12. The van der Waals surface area contributed by atoms with Crippen molar-refractivity contribution in [2.24, 2.45) is 0 Å². The van der Waals surface area contributed by atoms with E-state index in [1.54, 1.807) is 0 Å². The maximum Gasteiger partial charge on any atom is 0.286 e. The van der Waals surface area contributed by atoms with Gasteiger partial charge in [-0.05, 0) is 42.2 Å². The highest BCUT2D eigenvalue weighted by molar-refractivity contribution is 8.15. The molecule has 1 fully saturated rings. The zero-order valence-corrected chi connectivity index (χ0v) is 16.0. The molecular weight excluding hydrogens is 386 g/mol. The molecule has 0 radical (unpaired) electrons. The predicted octanol–water partition coefficient (Wildman–Crippen LogP) is 4.28. The van der Waals surface area contributed by atoms with Gasteiger partial charge in [0.05, 0.1) is 5.56 Å². The van der Waals surface area contributed by atoms with Crippen molar-refractivity contribution in [3.05, 3.63) is 65.4 Å². The number of fused-ring (bicyclic) bond motifs is 2. The number of hydrogen-bond acceptors (Lipinski definition) is 6. The molecule has 0 spiro atoms. The zero-order valence-electron chi connectivity index (χ0n) is 15.2. The van der Waals surface area contributed by atoms with Crippen molar-refractivity contribution >= 4 is 33.7 Å². The number of rotatable bonds is 3. The molecule has 1 unspecified atom stereocenters. The summed E-state index contributed by atoms with van der Waals surface area (Å²) in [7, 11) is 0. The standard InChI is InChI=1S/C22H15N3O3S/c23-10-13-11-24-21(18-4-2-1-3-15(13)18)28-14-6-8-16-12(9-14)5-7-17(16)19-20(26)25-22(27)29-19/h1-4,6,8-9,11,17,19H,5,7H2,(H,25,26,27)/t17-,19?/m1/s1. The summed E-state index contributed by atoms with van der Waals surface area (Å²) in [5, 5.41) is 12.6. The van der Waals surface area contributed by atoms with Crippen molar-refractivity contribution < 1.29 is 14.3 Å². The number of aromatic nitrogens is 1. The number of carbonyl (C=O) groups is 2. The Bertz CT molecular complexity index is 1220. The van der Waals surface area contributed by atoms with E-state index in [0.29, 0.717) is 17.2 Å². The van der Waals surface area contributed by atoms with Gasteiger partial charge in [-0.1, -0.05) is 36.0 Å². The topological polar surface area (TPSA) is 92.1 Å². The fourth-order valence-electron chi connectivity index (χ4n) is 4.09. The molecule has 3 aromatic rings. The highest BCUT2D eigenvalue weighted by Crippen LogP contribution is 2.43. The number of thioether (sulfide) groups is 1. The maximum absolute atomic E-state index is 12.1. The first-order valence-corrected chi connectivity index (χ1v) is 10.1. The zero-order chi connectivity index (χ0) is 20.0. The van der Waals surface area contributed by atoms with Crippen LogP contribution in [0.2, 0.25) is 0 Å². The lowest BCUT2D eigenvalue weighted by Crippen LogP contribution is -2.27. The van der Waals surface area contributed by atoms with Crippen molar-refractivity contribution in [1.82, 2.24) is 10.3 Å². The minimum Gasteiger partial charge on any atom is -0.438 e. The highest BCUT2D eigenvalue weighted by atomic mass is 32.2. The van der Waals surface area contributed by atoms with Crippen LogP contribution in [0.15, 0.2) is 48.7 Å². The Morgan fingerprint density at radius 2 is 2.00 bits per heavy atom. The van der Waals surface area contributed by atoms with E-state index in [0.717, 1.165) is 46.5 Å². The van der Waals surface area contributed by atoms with Gasteiger partial charge in [-0.25, -0.2) is 4.98 Å². The highest BCUT2D eigenvalue weighted by Gasteiger charge is 2.41. The number of hydrogen-bond donors (Lipinski definition) is 1. The smallest absolute Gasteiger partial charge is 0.286 e. The minimum absolute atomic E-state index is 0.0318. The summed E-state index contributed by atoms with van der Waals surface area (Å²) >= 11 is 1.08. The fraction of sp³-hybridized carbons (Fsp3) is 0.182. The lowest BCUT2D eigenvalue weighted by Gasteiger charge is -2.16. The number of nitriles is 1. The first-order valence-electron chi connectivity index (χ1n) is 9.24. The lowest BCUT2D eigenvalue weighted by atomic mass is 9.97. The fourth-order valence-corrected chi connectivity index (χ4v) is 5.09. The Hall–Kier alpha value is -3.37. The summed E-state index contributed by atoms with van der Waals surface area (Å²) in [6.45, 7) is 0. The van der Waals surface area contributed by atoms with Crippen LogP contribution in [-0.2, 0) is 11.2 Å². The Labute approximate surface area is 170 Å². The van der Waals surface area contributed by atoms with Crippen molar-refractivity contribution in [1.29, 1.82) is 5.26 Å². The normalized spacial score (nSPS) is 20.4. The molecule has 29 heavy (non-hydrogen) atoms. The average molecular weight is 401 g/mol. The number of benzene rings is 2. The third-order valence-corrected chi connectivity index (χ3v) is 6.53. The molecule has 2 aromatic carbocycles. The van der Waals surface area contributed by atoms with Gasteiger partial charge in [-0.15, -0.1) is 0 Å². The van der Waals surface area contributed by atoms with Crippen molar-refractivity contribution in [2.75, 3.05) is 0 Å². The summed E-state index contributed by atoms with van der Waals surface area (Å²) in [5.74, 6) is 0.938. The molecule has 2 aliphatic rings. The average Bonchev–Trinajstić information content (AvgIpc) is 3.29. The van der Waals surface area contributed by atoms with E-state index in [9.17, 15) is 14.9 Å². The van der Waals surface area contributed by atoms with E-state index >= 15 is 0 Å². The molecule has 0 bridgehead atoms. The van der Waals surface area contributed by atoms with Gasteiger partial charge in [-0.3, -0.25) is 14.9 Å². The van der Waals surface area contributed by atoms with Crippen molar-refractivity contribution in [2.45, 2.75) is 24.0 Å². The van der Waals surface area contributed by atoms with Crippen molar-refractivity contribution in [3.8, 4) is 17.7 Å². The molecule has 2 heterocycles. The first kappa shape index (κ1) is 17.7. The van der Waals surface area contributed by atoms with E-state index in [-0.39, 0.29) is 22.3 Å². The number of amides is 2. The number of ether oxygens (including phenoxy) is 1. The van der Waals surface area contributed by atoms with Gasteiger partial charge in [0.1, 0.15) is 17.1 Å².